The number of nitrogens with zero attached hydrogens (tertiary/aromatic N) is 2. The SMILES string of the molecule is Cc1ccc(N2C=C(C(C[N+](=O)[O-])c3ccc(Cl)cc3)CCC2)cc1. The molecule has 0 aromatic heterocycles. The average molecular weight is 357 g/mol. The van der Waals surface area contributed by atoms with Crippen LogP contribution in [-0.4, -0.2) is 18.0 Å². The average Bonchev–Trinajstić information content (AvgIpc) is 2.61. The molecule has 25 heavy (non-hydrogen) atoms. The van der Waals surface area contributed by atoms with Gasteiger partial charge in [-0.3, -0.25) is 10.1 Å². The van der Waals surface area contributed by atoms with Gasteiger partial charge >= 0.3 is 0 Å². The molecule has 1 unspecified atom stereocenters. The number of rotatable bonds is 5. The van der Waals surface area contributed by atoms with Crippen LogP contribution in [0.15, 0.2) is 60.3 Å². The van der Waals surface area contributed by atoms with E-state index in [1.807, 2.05) is 12.1 Å². The Bertz CT molecular complexity index is 769. The van der Waals surface area contributed by atoms with E-state index in [0.717, 1.165) is 36.2 Å². The molecule has 1 heterocycles. The number of anilines is 1. The molecule has 130 valence electrons. The molecule has 0 saturated carbocycles. The molecule has 0 spiro atoms. The van der Waals surface area contributed by atoms with Crippen LogP contribution in [0, 0.1) is 17.0 Å². The Labute approximate surface area is 152 Å². The lowest BCUT2D eigenvalue weighted by Gasteiger charge is -2.29. The van der Waals surface area contributed by atoms with Crippen LogP contribution in [-0.2, 0) is 0 Å². The van der Waals surface area contributed by atoms with Gasteiger partial charge in [0, 0.05) is 28.4 Å². The van der Waals surface area contributed by atoms with Crippen molar-refractivity contribution in [1.82, 2.24) is 0 Å². The minimum Gasteiger partial charge on any atom is -0.348 e. The van der Waals surface area contributed by atoms with E-state index in [1.165, 1.54) is 5.56 Å². The van der Waals surface area contributed by atoms with Gasteiger partial charge in [0.05, 0.1) is 5.92 Å². The zero-order chi connectivity index (χ0) is 17.8. The van der Waals surface area contributed by atoms with Crippen molar-refractivity contribution in [1.29, 1.82) is 0 Å². The molecule has 1 atom stereocenters. The smallest absolute Gasteiger partial charge is 0.214 e. The molecule has 0 N–H and O–H groups in total. The van der Waals surface area contributed by atoms with Gasteiger partial charge in [-0.25, -0.2) is 0 Å². The summed E-state index contributed by atoms with van der Waals surface area (Å²) in [7, 11) is 0. The highest BCUT2D eigenvalue weighted by Crippen LogP contribution is 2.33. The first-order chi connectivity index (χ1) is 12.0. The molecule has 2 aromatic rings. The number of aryl methyl sites for hydroxylation is 1. The quantitative estimate of drug-likeness (QED) is 0.547. The lowest BCUT2D eigenvalue weighted by Crippen LogP contribution is -2.26. The predicted molar refractivity (Wildman–Crippen MR) is 102 cm³/mol. The van der Waals surface area contributed by atoms with Crippen molar-refractivity contribution in [3.63, 3.8) is 0 Å². The molecule has 0 amide bonds. The summed E-state index contributed by atoms with van der Waals surface area (Å²) in [5, 5.41) is 11.9. The van der Waals surface area contributed by atoms with E-state index >= 15 is 0 Å². The van der Waals surface area contributed by atoms with E-state index in [-0.39, 0.29) is 17.4 Å². The van der Waals surface area contributed by atoms with Crippen molar-refractivity contribution in [3.8, 4) is 0 Å². The van der Waals surface area contributed by atoms with E-state index < -0.39 is 0 Å². The molecule has 0 fully saturated rings. The number of nitro groups is 1. The zero-order valence-electron chi connectivity index (χ0n) is 14.2. The van der Waals surface area contributed by atoms with E-state index in [4.69, 9.17) is 11.6 Å². The van der Waals surface area contributed by atoms with Crippen molar-refractivity contribution < 1.29 is 4.92 Å². The fourth-order valence-corrected chi connectivity index (χ4v) is 3.39. The lowest BCUT2D eigenvalue weighted by atomic mass is 9.87. The summed E-state index contributed by atoms with van der Waals surface area (Å²) in [5.41, 5.74) is 4.39. The van der Waals surface area contributed by atoms with Crippen molar-refractivity contribution in [2.24, 2.45) is 0 Å². The van der Waals surface area contributed by atoms with Crippen molar-refractivity contribution in [3.05, 3.63) is 86.6 Å². The molecule has 5 heteroatoms. The lowest BCUT2D eigenvalue weighted by molar-refractivity contribution is -0.482. The van der Waals surface area contributed by atoms with Gasteiger partial charge in [0.25, 0.3) is 0 Å². The van der Waals surface area contributed by atoms with Crippen molar-refractivity contribution in [2.75, 3.05) is 18.0 Å². The minimum absolute atomic E-state index is 0.102. The molecule has 1 aliphatic rings. The monoisotopic (exact) mass is 356 g/mol. The molecule has 0 radical (unpaired) electrons. The summed E-state index contributed by atoms with van der Waals surface area (Å²) < 4.78 is 0. The maximum atomic E-state index is 11.2. The van der Waals surface area contributed by atoms with Gasteiger partial charge in [-0.15, -0.1) is 0 Å². The van der Waals surface area contributed by atoms with Gasteiger partial charge in [0.1, 0.15) is 0 Å². The first-order valence-electron chi connectivity index (χ1n) is 8.44. The second kappa shape index (κ2) is 7.70. The zero-order valence-corrected chi connectivity index (χ0v) is 14.9. The standard InChI is InChI=1S/C20H21ClN2O2/c1-15-4-10-19(11-5-15)22-12-2-3-17(13-22)20(14-23(24)25)16-6-8-18(21)9-7-16/h4-11,13,20H,2-3,12,14H2,1H3. The van der Waals surface area contributed by atoms with Gasteiger partial charge in [0.15, 0.2) is 0 Å². The Hall–Kier alpha value is -2.33. The highest BCUT2D eigenvalue weighted by atomic mass is 35.5. The molecule has 2 aromatic carbocycles. The molecule has 0 bridgehead atoms. The largest absolute Gasteiger partial charge is 0.348 e. The summed E-state index contributed by atoms with van der Waals surface area (Å²) in [6.07, 6.45) is 3.96. The van der Waals surface area contributed by atoms with Crippen LogP contribution in [0.2, 0.25) is 5.02 Å². The molecule has 0 saturated heterocycles. The van der Waals surface area contributed by atoms with Crippen LogP contribution in [0.3, 0.4) is 0 Å². The number of halogens is 1. The van der Waals surface area contributed by atoms with Crippen molar-refractivity contribution in [2.45, 2.75) is 25.7 Å². The summed E-state index contributed by atoms with van der Waals surface area (Å²) >= 11 is 5.97. The third-order valence-electron chi connectivity index (χ3n) is 4.60. The van der Waals surface area contributed by atoms with Crippen LogP contribution >= 0.6 is 11.6 Å². The van der Waals surface area contributed by atoms with Crippen molar-refractivity contribution >= 4 is 17.3 Å². The van der Waals surface area contributed by atoms with Crippen LogP contribution < -0.4 is 4.90 Å². The first kappa shape index (κ1) is 17.5. The topological polar surface area (TPSA) is 46.4 Å². The maximum Gasteiger partial charge on any atom is 0.214 e. The second-order valence-corrected chi connectivity index (χ2v) is 6.89. The Morgan fingerprint density at radius 2 is 1.84 bits per heavy atom. The van der Waals surface area contributed by atoms with Gasteiger partial charge < -0.3 is 4.90 Å². The summed E-state index contributed by atoms with van der Waals surface area (Å²) in [6.45, 7) is 2.89. The van der Waals surface area contributed by atoms with Crippen LogP contribution in [0.1, 0.15) is 29.9 Å². The van der Waals surface area contributed by atoms with Crippen LogP contribution in [0.25, 0.3) is 0 Å². The second-order valence-electron chi connectivity index (χ2n) is 6.46. The molecular weight excluding hydrogens is 336 g/mol. The minimum atomic E-state index is -0.231. The Morgan fingerprint density at radius 1 is 1.16 bits per heavy atom. The summed E-state index contributed by atoms with van der Waals surface area (Å²) in [4.78, 5) is 13.2. The Morgan fingerprint density at radius 3 is 2.48 bits per heavy atom. The van der Waals surface area contributed by atoms with Gasteiger partial charge in [0.2, 0.25) is 6.54 Å². The molecular formula is C20H21ClN2O2. The molecule has 4 nitrogen and oxygen atoms in total. The van der Waals surface area contributed by atoms with Gasteiger partial charge in [-0.1, -0.05) is 41.4 Å². The van der Waals surface area contributed by atoms with E-state index in [1.54, 1.807) is 12.1 Å². The molecule has 1 aliphatic heterocycles. The van der Waals surface area contributed by atoms with E-state index in [0.29, 0.717) is 5.02 Å². The maximum absolute atomic E-state index is 11.2. The van der Waals surface area contributed by atoms with Crippen LogP contribution in [0.5, 0.6) is 0 Å². The fourth-order valence-electron chi connectivity index (χ4n) is 3.27. The number of benzene rings is 2. The van der Waals surface area contributed by atoms with E-state index in [9.17, 15) is 10.1 Å². The summed E-state index contributed by atoms with van der Waals surface area (Å²) in [6, 6.07) is 15.7. The third kappa shape index (κ3) is 4.40. The van der Waals surface area contributed by atoms with Gasteiger partial charge in [-0.05, 0) is 55.2 Å². The third-order valence-corrected chi connectivity index (χ3v) is 4.86. The Balaban J connectivity index is 1.92. The fraction of sp³-hybridized carbons (Fsp3) is 0.300. The normalized spacial score (nSPS) is 15.6. The first-order valence-corrected chi connectivity index (χ1v) is 8.82. The van der Waals surface area contributed by atoms with Gasteiger partial charge in [-0.2, -0.15) is 0 Å². The van der Waals surface area contributed by atoms with Crippen LogP contribution in [0.4, 0.5) is 5.69 Å². The molecule has 0 aliphatic carbocycles. The number of hydrogen-bond acceptors (Lipinski definition) is 3. The highest BCUT2D eigenvalue weighted by Gasteiger charge is 2.25. The van der Waals surface area contributed by atoms with E-state index in [2.05, 4.69) is 42.3 Å². The predicted octanol–water partition coefficient (Wildman–Crippen LogP) is 5.19. The summed E-state index contributed by atoms with van der Waals surface area (Å²) in [5.74, 6) is -0.222. The number of hydrogen-bond donors (Lipinski definition) is 0. The molecule has 3 rings (SSSR count). The Kier molecular flexibility index (Phi) is 5.39. The highest BCUT2D eigenvalue weighted by molar-refractivity contribution is 6.30.